The van der Waals surface area contributed by atoms with Gasteiger partial charge in [0.2, 0.25) is 5.89 Å². The van der Waals surface area contributed by atoms with Crippen LogP contribution in [0, 0.1) is 5.82 Å². The molecule has 4 aromatic rings. The minimum Gasteiger partial charge on any atom is -0.438 e. The lowest BCUT2D eigenvalue weighted by molar-refractivity contribution is 0.199. The van der Waals surface area contributed by atoms with Gasteiger partial charge in [-0.15, -0.1) is 0 Å². The van der Waals surface area contributed by atoms with Crippen LogP contribution in [0.25, 0.3) is 22.2 Å². The zero-order valence-electron chi connectivity index (χ0n) is 16.8. The maximum Gasteiger partial charge on any atom is 0.322 e. The van der Waals surface area contributed by atoms with Crippen molar-refractivity contribution in [1.82, 2.24) is 9.88 Å². The van der Waals surface area contributed by atoms with Crippen LogP contribution in [0.2, 0.25) is 10.0 Å². The molecule has 0 bridgehead atoms. The van der Waals surface area contributed by atoms with Gasteiger partial charge < -0.3 is 14.6 Å². The third kappa shape index (κ3) is 3.92. The van der Waals surface area contributed by atoms with Crippen LogP contribution in [0.4, 0.5) is 14.9 Å². The topological polar surface area (TPSA) is 58.4 Å². The van der Waals surface area contributed by atoms with Crippen molar-refractivity contribution >= 4 is 46.0 Å². The lowest BCUT2D eigenvalue weighted by atomic mass is 10.0. The lowest BCUT2D eigenvalue weighted by Crippen LogP contribution is -2.34. The highest BCUT2D eigenvalue weighted by molar-refractivity contribution is 6.36. The number of hydrogen-bond acceptors (Lipinski definition) is 3. The van der Waals surface area contributed by atoms with E-state index in [-0.39, 0.29) is 17.9 Å². The summed E-state index contributed by atoms with van der Waals surface area (Å²) < 4.78 is 20.2. The van der Waals surface area contributed by atoms with Gasteiger partial charge in [0, 0.05) is 17.1 Å². The van der Waals surface area contributed by atoms with Crippen LogP contribution in [0.15, 0.2) is 65.1 Å². The second-order valence-electron chi connectivity index (χ2n) is 7.62. The molecule has 0 radical (unpaired) electrons. The zero-order valence-corrected chi connectivity index (χ0v) is 18.3. The molecule has 1 saturated heterocycles. The number of likely N-dealkylation sites (tertiary alicyclic amines) is 1. The van der Waals surface area contributed by atoms with E-state index in [4.69, 9.17) is 27.6 Å². The first-order chi connectivity index (χ1) is 15.5. The Bertz CT molecular complexity index is 1320. The summed E-state index contributed by atoms with van der Waals surface area (Å²) in [6, 6.07) is 16.3. The Balaban J connectivity index is 1.41. The number of fused-ring (bicyclic) bond motifs is 1. The summed E-state index contributed by atoms with van der Waals surface area (Å²) in [6.07, 6.45) is 1.56. The fourth-order valence-corrected chi connectivity index (χ4v) is 4.45. The maximum absolute atomic E-state index is 14.2. The zero-order chi connectivity index (χ0) is 22.2. The summed E-state index contributed by atoms with van der Waals surface area (Å²) in [7, 11) is 0. The molecule has 32 heavy (non-hydrogen) atoms. The highest BCUT2D eigenvalue weighted by atomic mass is 35.5. The number of nitrogens with one attached hydrogen (secondary N) is 1. The predicted molar refractivity (Wildman–Crippen MR) is 124 cm³/mol. The number of benzene rings is 3. The third-order valence-corrected chi connectivity index (χ3v) is 6.11. The van der Waals surface area contributed by atoms with Crippen molar-refractivity contribution in [2.75, 3.05) is 11.9 Å². The van der Waals surface area contributed by atoms with Gasteiger partial charge in [0.25, 0.3) is 0 Å². The van der Waals surface area contributed by atoms with Crippen molar-refractivity contribution in [3.05, 3.63) is 82.4 Å². The molecule has 0 aliphatic carbocycles. The Morgan fingerprint density at radius 3 is 2.78 bits per heavy atom. The smallest absolute Gasteiger partial charge is 0.322 e. The van der Waals surface area contributed by atoms with Crippen LogP contribution in [-0.4, -0.2) is 22.5 Å². The minimum atomic E-state index is -0.301. The Kier molecular flexibility index (Phi) is 5.49. The van der Waals surface area contributed by atoms with Crippen LogP contribution >= 0.6 is 23.2 Å². The first-order valence-electron chi connectivity index (χ1n) is 10.2. The predicted octanol–water partition coefficient (Wildman–Crippen LogP) is 7.31. The van der Waals surface area contributed by atoms with Gasteiger partial charge in [-0.05, 0) is 54.8 Å². The molecular weight excluding hydrogens is 452 g/mol. The molecule has 162 valence electrons. The number of nitrogens with zero attached hydrogens (tertiary/aromatic N) is 2. The number of rotatable bonds is 3. The van der Waals surface area contributed by atoms with E-state index in [1.54, 1.807) is 59.5 Å². The average Bonchev–Trinajstić information content (AvgIpc) is 3.42. The van der Waals surface area contributed by atoms with Crippen molar-refractivity contribution in [3.8, 4) is 11.1 Å². The molecule has 0 spiro atoms. The van der Waals surface area contributed by atoms with Gasteiger partial charge in [-0.1, -0.05) is 47.5 Å². The van der Waals surface area contributed by atoms with Crippen LogP contribution < -0.4 is 5.32 Å². The van der Waals surface area contributed by atoms with Gasteiger partial charge in [0.15, 0.2) is 5.58 Å². The summed E-state index contributed by atoms with van der Waals surface area (Å²) >= 11 is 12.1. The quantitative estimate of drug-likeness (QED) is 0.342. The molecule has 1 N–H and O–H groups in total. The van der Waals surface area contributed by atoms with Gasteiger partial charge in [-0.3, -0.25) is 0 Å². The summed E-state index contributed by atoms with van der Waals surface area (Å²) in [6.45, 7) is 0.570. The summed E-state index contributed by atoms with van der Waals surface area (Å²) in [5, 5.41) is 3.69. The van der Waals surface area contributed by atoms with Crippen molar-refractivity contribution in [3.63, 3.8) is 0 Å². The van der Waals surface area contributed by atoms with Crippen LogP contribution in [0.3, 0.4) is 0 Å². The Labute approximate surface area is 193 Å². The SMILES string of the molecule is O=C(Nc1ccc(Cl)cc1Cl)N1CCCC1c1nc2cc(-c3ccccc3F)ccc2o1. The number of urea groups is 1. The van der Waals surface area contributed by atoms with E-state index in [0.717, 1.165) is 12.8 Å². The number of anilines is 1. The van der Waals surface area contributed by atoms with Crippen molar-refractivity contribution in [2.45, 2.75) is 18.9 Å². The molecule has 5 nitrogen and oxygen atoms in total. The van der Waals surface area contributed by atoms with Crippen molar-refractivity contribution < 1.29 is 13.6 Å². The largest absolute Gasteiger partial charge is 0.438 e. The second-order valence-corrected chi connectivity index (χ2v) is 8.46. The van der Waals surface area contributed by atoms with E-state index in [1.807, 2.05) is 0 Å². The number of carbonyl (C=O) groups excluding carboxylic acids is 1. The molecule has 0 saturated carbocycles. The van der Waals surface area contributed by atoms with E-state index in [1.165, 1.54) is 6.07 Å². The molecule has 3 aromatic carbocycles. The Morgan fingerprint density at radius 2 is 1.97 bits per heavy atom. The molecule has 1 aliphatic heterocycles. The summed E-state index contributed by atoms with van der Waals surface area (Å²) in [5.41, 5.74) is 2.91. The van der Waals surface area contributed by atoms with E-state index in [9.17, 15) is 9.18 Å². The van der Waals surface area contributed by atoms with Gasteiger partial charge in [-0.25, -0.2) is 14.2 Å². The van der Waals surface area contributed by atoms with Gasteiger partial charge in [0.05, 0.1) is 10.7 Å². The average molecular weight is 470 g/mol. The molecule has 1 unspecified atom stereocenters. The molecule has 5 rings (SSSR count). The van der Waals surface area contributed by atoms with Crippen molar-refractivity contribution in [1.29, 1.82) is 0 Å². The monoisotopic (exact) mass is 469 g/mol. The van der Waals surface area contributed by atoms with Crippen molar-refractivity contribution in [2.24, 2.45) is 0 Å². The highest BCUT2D eigenvalue weighted by Crippen LogP contribution is 2.35. The maximum atomic E-state index is 14.2. The van der Waals surface area contributed by atoms with E-state index >= 15 is 0 Å². The van der Waals surface area contributed by atoms with Crippen LogP contribution in [0.5, 0.6) is 0 Å². The molecule has 2 heterocycles. The highest BCUT2D eigenvalue weighted by Gasteiger charge is 2.34. The van der Waals surface area contributed by atoms with E-state index < -0.39 is 0 Å². The number of aromatic nitrogens is 1. The van der Waals surface area contributed by atoms with E-state index in [2.05, 4.69) is 10.3 Å². The van der Waals surface area contributed by atoms with Gasteiger partial charge in [-0.2, -0.15) is 0 Å². The normalized spacial score (nSPS) is 16.0. The molecule has 1 atom stereocenters. The van der Waals surface area contributed by atoms with Gasteiger partial charge >= 0.3 is 6.03 Å². The van der Waals surface area contributed by atoms with Crippen LogP contribution in [0.1, 0.15) is 24.8 Å². The first-order valence-corrected chi connectivity index (χ1v) is 10.9. The Morgan fingerprint density at radius 1 is 1.12 bits per heavy atom. The molecule has 1 aromatic heterocycles. The molecule has 8 heteroatoms. The number of amides is 2. The summed E-state index contributed by atoms with van der Waals surface area (Å²) in [4.78, 5) is 19.3. The molecule has 1 fully saturated rings. The minimum absolute atomic E-state index is 0.286. The van der Waals surface area contributed by atoms with Gasteiger partial charge in [0.1, 0.15) is 17.4 Å². The molecular formula is C24H18Cl2FN3O2. The van der Waals surface area contributed by atoms with E-state index in [0.29, 0.717) is 50.4 Å². The number of hydrogen-bond donors (Lipinski definition) is 1. The molecule has 2 amide bonds. The Hall–Kier alpha value is -3.09. The van der Waals surface area contributed by atoms with Crippen LogP contribution in [-0.2, 0) is 0 Å². The fraction of sp³-hybridized carbons (Fsp3) is 0.167. The first kappa shape index (κ1) is 20.8. The molecule has 1 aliphatic rings. The number of oxazole rings is 1. The number of carbonyl (C=O) groups is 1. The summed E-state index contributed by atoms with van der Waals surface area (Å²) in [5.74, 6) is 0.163. The number of halogens is 3. The lowest BCUT2D eigenvalue weighted by Gasteiger charge is -2.23. The third-order valence-electron chi connectivity index (χ3n) is 5.56. The fourth-order valence-electron chi connectivity index (χ4n) is 4.00. The second kappa shape index (κ2) is 8.45. The standard InChI is InChI=1S/C24H18Cl2FN3O2/c25-15-8-9-19(17(26)13-15)29-24(31)30-11-3-6-21(30)23-28-20-12-14(7-10-22(20)32-23)16-4-1-2-5-18(16)27/h1-2,4-5,7-10,12-13,21H,3,6,11H2,(H,29,31).